The molecule has 5 atom stereocenters. The van der Waals surface area contributed by atoms with E-state index in [1.165, 1.54) is 7.11 Å². The van der Waals surface area contributed by atoms with Crippen molar-refractivity contribution in [2.75, 3.05) is 13.7 Å². The van der Waals surface area contributed by atoms with E-state index in [4.69, 9.17) is 21.1 Å². The van der Waals surface area contributed by atoms with Gasteiger partial charge >= 0.3 is 5.97 Å². The number of methoxy groups -OCH3 is 1. The molecular weight excluding hydrogens is 394 g/mol. The molecule has 162 valence electrons. The monoisotopic (exact) mass is 425 g/mol. The van der Waals surface area contributed by atoms with E-state index < -0.39 is 29.4 Å². The molecule has 2 N–H and O–H groups in total. The molecule has 0 spiro atoms. The summed E-state index contributed by atoms with van der Waals surface area (Å²) in [5, 5.41) is 12.7. The lowest BCUT2D eigenvalue weighted by molar-refractivity contribution is -0.147. The Balaban J connectivity index is 1.94. The van der Waals surface area contributed by atoms with Gasteiger partial charge in [0.2, 0.25) is 5.91 Å². The van der Waals surface area contributed by atoms with Crippen molar-refractivity contribution in [2.45, 2.75) is 69.1 Å². The molecule has 0 saturated heterocycles. The molecule has 0 heterocycles. The predicted molar refractivity (Wildman–Crippen MR) is 112 cm³/mol. The van der Waals surface area contributed by atoms with Crippen LogP contribution >= 0.6 is 11.6 Å². The van der Waals surface area contributed by atoms with Crippen LogP contribution in [0.1, 0.15) is 44.6 Å². The third-order valence-corrected chi connectivity index (χ3v) is 5.90. The van der Waals surface area contributed by atoms with Gasteiger partial charge in [-0.25, -0.2) is 4.79 Å². The van der Waals surface area contributed by atoms with E-state index in [0.29, 0.717) is 25.9 Å². The highest BCUT2D eigenvalue weighted by atomic mass is 35.5. The van der Waals surface area contributed by atoms with Gasteiger partial charge in [-0.05, 0) is 24.8 Å². The first-order valence-electron chi connectivity index (χ1n) is 10.3. The normalized spacial score (nSPS) is 25.2. The van der Waals surface area contributed by atoms with Crippen LogP contribution in [0.5, 0.6) is 0 Å². The minimum atomic E-state index is -1.03. The SMILES string of the molecule is CCCCCOC1CCC(C(=O)N[C@@H](Cc2ccccc2)C(=O)OC)C(O)C1Cl. The Morgan fingerprint density at radius 3 is 2.62 bits per heavy atom. The minimum Gasteiger partial charge on any atom is -0.467 e. The lowest BCUT2D eigenvalue weighted by Crippen LogP contribution is -2.53. The van der Waals surface area contributed by atoms with Gasteiger partial charge in [0.25, 0.3) is 0 Å². The van der Waals surface area contributed by atoms with Crippen LogP contribution in [-0.2, 0) is 25.5 Å². The lowest BCUT2D eigenvalue weighted by atomic mass is 9.83. The maximum absolute atomic E-state index is 12.8. The summed E-state index contributed by atoms with van der Waals surface area (Å²) >= 11 is 6.39. The summed E-state index contributed by atoms with van der Waals surface area (Å²) in [5.74, 6) is -1.60. The first-order valence-corrected chi connectivity index (χ1v) is 10.8. The maximum Gasteiger partial charge on any atom is 0.328 e. The summed E-state index contributed by atoms with van der Waals surface area (Å²) in [6, 6.07) is 8.57. The second kappa shape index (κ2) is 12.2. The predicted octanol–water partition coefficient (Wildman–Crippen LogP) is 2.84. The summed E-state index contributed by atoms with van der Waals surface area (Å²) < 4.78 is 10.7. The largest absolute Gasteiger partial charge is 0.467 e. The Hall–Kier alpha value is -1.63. The quantitative estimate of drug-likeness (QED) is 0.342. The number of benzene rings is 1. The van der Waals surface area contributed by atoms with Crippen molar-refractivity contribution in [2.24, 2.45) is 5.92 Å². The third kappa shape index (κ3) is 6.98. The summed E-state index contributed by atoms with van der Waals surface area (Å²) in [6.07, 6.45) is 3.21. The van der Waals surface area contributed by atoms with Crippen molar-refractivity contribution in [3.63, 3.8) is 0 Å². The number of hydrogen-bond donors (Lipinski definition) is 2. The van der Waals surface area contributed by atoms with Crippen LogP contribution in [0.15, 0.2) is 30.3 Å². The maximum atomic E-state index is 12.8. The molecule has 0 aliphatic heterocycles. The molecule has 7 heteroatoms. The highest BCUT2D eigenvalue weighted by molar-refractivity contribution is 6.21. The number of hydrogen-bond acceptors (Lipinski definition) is 5. The van der Waals surface area contributed by atoms with Gasteiger partial charge in [0.1, 0.15) is 6.04 Å². The number of alkyl halides is 1. The molecule has 1 amide bonds. The number of rotatable bonds is 10. The zero-order valence-electron chi connectivity index (χ0n) is 17.2. The Labute approximate surface area is 177 Å². The molecular formula is C22H32ClNO5. The first-order chi connectivity index (χ1) is 14.0. The van der Waals surface area contributed by atoms with Gasteiger partial charge in [0.05, 0.1) is 30.6 Å². The molecule has 0 radical (unpaired) electrons. The Morgan fingerprint density at radius 1 is 1.24 bits per heavy atom. The van der Waals surface area contributed by atoms with Gasteiger partial charge in [0.15, 0.2) is 0 Å². The van der Waals surface area contributed by atoms with E-state index in [9.17, 15) is 14.7 Å². The number of esters is 1. The molecule has 0 bridgehead atoms. The molecule has 2 rings (SSSR count). The van der Waals surface area contributed by atoms with Crippen molar-refractivity contribution < 1.29 is 24.2 Å². The van der Waals surface area contributed by atoms with Gasteiger partial charge in [-0.2, -0.15) is 0 Å². The fourth-order valence-corrected chi connectivity index (χ4v) is 4.00. The van der Waals surface area contributed by atoms with Crippen molar-refractivity contribution in [3.8, 4) is 0 Å². The van der Waals surface area contributed by atoms with Crippen LogP contribution in [0.3, 0.4) is 0 Å². The second-order valence-electron chi connectivity index (χ2n) is 7.51. The zero-order valence-corrected chi connectivity index (χ0v) is 17.9. The molecule has 4 unspecified atom stereocenters. The number of nitrogens with one attached hydrogen (secondary N) is 1. The number of carbonyl (C=O) groups excluding carboxylic acids is 2. The summed E-state index contributed by atoms with van der Waals surface area (Å²) in [5.41, 5.74) is 0.906. The number of halogens is 1. The van der Waals surface area contributed by atoms with E-state index in [1.54, 1.807) is 0 Å². The highest BCUT2D eigenvalue weighted by Gasteiger charge is 2.42. The topological polar surface area (TPSA) is 84.9 Å². The summed E-state index contributed by atoms with van der Waals surface area (Å²) in [7, 11) is 1.29. The number of aliphatic hydroxyl groups excluding tert-OH is 1. The van der Waals surface area contributed by atoms with E-state index in [-0.39, 0.29) is 12.0 Å². The molecule has 1 fully saturated rings. The van der Waals surface area contributed by atoms with Crippen LogP contribution in [0.2, 0.25) is 0 Å². The standard InChI is InChI=1S/C22H32ClNO5/c1-3-4-8-13-29-18-12-11-16(20(25)19(18)23)21(26)24-17(22(27)28-2)14-15-9-6-5-7-10-15/h5-7,9-10,16-20,25H,3-4,8,11-14H2,1-2H3,(H,24,26)/t16?,17-,18?,19?,20?/m0/s1. The number of carbonyl (C=O) groups is 2. The van der Waals surface area contributed by atoms with Gasteiger partial charge < -0.3 is 19.9 Å². The van der Waals surface area contributed by atoms with E-state index >= 15 is 0 Å². The molecule has 0 aromatic heterocycles. The molecule has 1 aliphatic carbocycles. The highest BCUT2D eigenvalue weighted by Crippen LogP contribution is 2.31. The van der Waals surface area contributed by atoms with Gasteiger partial charge in [0, 0.05) is 13.0 Å². The third-order valence-electron chi connectivity index (χ3n) is 5.36. The van der Waals surface area contributed by atoms with Crippen LogP contribution < -0.4 is 5.32 Å². The Kier molecular flexibility index (Phi) is 9.91. The average molecular weight is 426 g/mol. The van der Waals surface area contributed by atoms with Gasteiger partial charge in [-0.15, -0.1) is 11.6 Å². The van der Waals surface area contributed by atoms with Crippen molar-refractivity contribution in [1.29, 1.82) is 0 Å². The number of amides is 1. The van der Waals surface area contributed by atoms with Crippen LogP contribution in [-0.4, -0.2) is 54.3 Å². The van der Waals surface area contributed by atoms with Crippen LogP contribution in [0.25, 0.3) is 0 Å². The summed E-state index contributed by atoms with van der Waals surface area (Å²) in [6.45, 7) is 2.73. The number of aliphatic hydroxyl groups is 1. The van der Waals surface area contributed by atoms with Crippen LogP contribution in [0, 0.1) is 5.92 Å². The van der Waals surface area contributed by atoms with E-state index in [0.717, 1.165) is 24.8 Å². The molecule has 1 saturated carbocycles. The minimum absolute atomic E-state index is 0.270. The number of unbranched alkanes of at least 4 members (excludes halogenated alkanes) is 2. The smallest absolute Gasteiger partial charge is 0.328 e. The fraction of sp³-hybridized carbons (Fsp3) is 0.636. The number of ether oxygens (including phenoxy) is 2. The van der Waals surface area contributed by atoms with Crippen molar-refractivity contribution in [1.82, 2.24) is 5.32 Å². The molecule has 6 nitrogen and oxygen atoms in total. The summed E-state index contributed by atoms with van der Waals surface area (Å²) in [4.78, 5) is 25.0. The molecule has 29 heavy (non-hydrogen) atoms. The second-order valence-corrected chi connectivity index (χ2v) is 8.01. The van der Waals surface area contributed by atoms with Gasteiger partial charge in [-0.3, -0.25) is 4.79 Å². The Morgan fingerprint density at radius 2 is 1.97 bits per heavy atom. The van der Waals surface area contributed by atoms with E-state index in [1.807, 2.05) is 30.3 Å². The fourth-order valence-electron chi connectivity index (χ4n) is 3.63. The van der Waals surface area contributed by atoms with E-state index in [2.05, 4.69) is 12.2 Å². The zero-order chi connectivity index (χ0) is 21.2. The molecule has 1 aromatic carbocycles. The lowest BCUT2D eigenvalue weighted by Gasteiger charge is -2.36. The molecule has 1 aliphatic rings. The van der Waals surface area contributed by atoms with Crippen molar-refractivity contribution >= 4 is 23.5 Å². The van der Waals surface area contributed by atoms with Gasteiger partial charge in [-0.1, -0.05) is 50.1 Å². The average Bonchev–Trinajstić information content (AvgIpc) is 2.73. The van der Waals surface area contributed by atoms with Crippen LogP contribution in [0.4, 0.5) is 0 Å². The first kappa shape index (κ1) is 23.6. The Bertz CT molecular complexity index is 641. The molecule has 1 aromatic rings. The van der Waals surface area contributed by atoms with Crippen molar-refractivity contribution in [3.05, 3.63) is 35.9 Å².